The van der Waals surface area contributed by atoms with Crippen LogP contribution in [0.25, 0.3) is 0 Å². The lowest BCUT2D eigenvalue weighted by Crippen LogP contribution is -2.08. The van der Waals surface area contributed by atoms with E-state index >= 15 is 0 Å². The van der Waals surface area contributed by atoms with Crippen molar-refractivity contribution < 1.29 is 15.0 Å². The standard InChI is InChI=1S/C9H10BrNO3.ClH/c1-4(11)6-2-5(10)3-7(8(6)12)9(13)14;/h2-4,12H,11H2,1H3,(H,13,14);1H/t4-;/m1./s1. The number of rotatable bonds is 2. The van der Waals surface area contributed by atoms with Gasteiger partial charge in [-0.3, -0.25) is 0 Å². The molecule has 0 heterocycles. The third-order valence-electron chi connectivity index (χ3n) is 1.83. The smallest absolute Gasteiger partial charge is 0.339 e. The third-order valence-corrected chi connectivity index (χ3v) is 2.28. The second kappa shape index (κ2) is 5.34. The van der Waals surface area contributed by atoms with Crippen molar-refractivity contribution in [1.29, 1.82) is 0 Å². The molecule has 0 saturated heterocycles. The van der Waals surface area contributed by atoms with Crippen molar-refractivity contribution in [2.75, 3.05) is 0 Å². The van der Waals surface area contributed by atoms with Crippen LogP contribution in [0.2, 0.25) is 0 Å². The van der Waals surface area contributed by atoms with Crippen LogP contribution >= 0.6 is 28.3 Å². The van der Waals surface area contributed by atoms with Gasteiger partial charge in [-0.15, -0.1) is 12.4 Å². The molecule has 1 rings (SSSR count). The monoisotopic (exact) mass is 295 g/mol. The molecule has 15 heavy (non-hydrogen) atoms. The summed E-state index contributed by atoms with van der Waals surface area (Å²) in [5.74, 6) is -1.44. The van der Waals surface area contributed by atoms with Gasteiger partial charge in [-0.05, 0) is 19.1 Å². The molecule has 1 atom stereocenters. The maximum atomic E-state index is 10.7. The summed E-state index contributed by atoms with van der Waals surface area (Å²) < 4.78 is 0.583. The van der Waals surface area contributed by atoms with Crippen LogP contribution in [-0.2, 0) is 0 Å². The van der Waals surface area contributed by atoms with Gasteiger partial charge in [0.1, 0.15) is 11.3 Å². The molecular weight excluding hydrogens is 285 g/mol. The average Bonchev–Trinajstić information content (AvgIpc) is 2.07. The van der Waals surface area contributed by atoms with E-state index in [1.807, 2.05) is 0 Å². The lowest BCUT2D eigenvalue weighted by molar-refractivity contribution is 0.0693. The van der Waals surface area contributed by atoms with E-state index < -0.39 is 12.0 Å². The summed E-state index contributed by atoms with van der Waals surface area (Å²) in [7, 11) is 0. The van der Waals surface area contributed by atoms with E-state index in [1.54, 1.807) is 13.0 Å². The maximum absolute atomic E-state index is 10.7. The highest BCUT2D eigenvalue weighted by molar-refractivity contribution is 9.10. The fourth-order valence-corrected chi connectivity index (χ4v) is 1.61. The average molecular weight is 297 g/mol. The molecule has 0 aliphatic heterocycles. The lowest BCUT2D eigenvalue weighted by atomic mass is 10.0. The molecule has 1 aromatic carbocycles. The summed E-state index contributed by atoms with van der Waals surface area (Å²) in [6.07, 6.45) is 0. The summed E-state index contributed by atoms with van der Waals surface area (Å²) in [5, 5.41) is 18.3. The molecule has 0 fully saturated rings. The number of carboxylic acid groups (broad SMARTS) is 1. The Balaban J connectivity index is 0.00000196. The number of carboxylic acids is 1. The highest BCUT2D eigenvalue weighted by Gasteiger charge is 2.16. The Morgan fingerprint density at radius 1 is 1.53 bits per heavy atom. The van der Waals surface area contributed by atoms with Crippen LogP contribution in [0.3, 0.4) is 0 Å². The molecular formula is C9H11BrClNO3. The van der Waals surface area contributed by atoms with Gasteiger partial charge in [-0.25, -0.2) is 4.79 Å². The number of benzene rings is 1. The van der Waals surface area contributed by atoms with E-state index in [2.05, 4.69) is 15.9 Å². The van der Waals surface area contributed by atoms with Gasteiger partial charge in [0, 0.05) is 16.1 Å². The van der Waals surface area contributed by atoms with Gasteiger partial charge in [-0.2, -0.15) is 0 Å². The van der Waals surface area contributed by atoms with E-state index in [9.17, 15) is 9.90 Å². The minimum atomic E-state index is -1.18. The van der Waals surface area contributed by atoms with Gasteiger partial charge in [0.15, 0.2) is 0 Å². The fraction of sp³-hybridized carbons (Fsp3) is 0.222. The third kappa shape index (κ3) is 3.09. The molecule has 4 N–H and O–H groups in total. The summed E-state index contributed by atoms with van der Waals surface area (Å²) in [6, 6.07) is 2.53. The van der Waals surface area contributed by atoms with E-state index in [0.29, 0.717) is 10.0 Å². The van der Waals surface area contributed by atoms with E-state index in [1.165, 1.54) is 6.07 Å². The van der Waals surface area contributed by atoms with Crippen LogP contribution in [0.1, 0.15) is 28.9 Å². The minimum Gasteiger partial charge on any atom is -0.507 e. The topological polar surface area (TPSA) is 83.6 Å². The number of nitrogens with two attached hydrogens (primary N) is 1. The van der Waals surface area contributed by atoms with Crippen LogP contribution < -0.4 is 5.73 Å². The second-order valence-corrected chi connectivity index (χ2v) is 3.90. The van der Waals surface area contributed by atoms with Crippen molar-refractivity contribution in [2.24, 2.45) is 5.73 Å². The molecule has 0 aromatic heterocycles. The molecule has 0 aliphatic carbocycles. The van der Waals surface area contributed by atoms with E-state index in [0.717, 1.165) is 0 Å². The Kier molecular flexibility index (Phi) is 5.07. The first-order chi connectivity index (χ1) is 6.43. The van der Waals surface area contributed by atoms with Crippen molar-refractivity contribution in [1.82, 2.24) is 0 Å². The quantitative estimate of drug-likeness (QED) is 0.782. The first-order valence-electron chi connectivity index (χ1n) is 3.94. The highest BCUT2D eigenvalue weighted by atomic mass is 79.9. The number of halogens is 2. The summed E-state index contributed by atoms with van der Waals surface area (Å²) >= 11 is 3.15. The van der Waals surface area contributed by atoms with Crippen molar-refractivity contribution in [3.63, 3.8) is 0 Å². The van der Waals surface area contributed by atoms with Crippen molar-refractivity contribution in [2.45, 2.75) is 13.0 Å². The molecule has 84 valence electrons. The molecule has 0 saturated carbocycles. The first-order valence-corrected chi connectivity index (χ1v) is 4.74. The van der Waals surface area contributed by atoms with Gasteiger partial charge in [0.25, 0.3) is 0 Å². The van der Waals surface area contributed by atoms with E-state index in [-0.39, 0.29) is 23.7 Å². The fourth-order valence-electron chi connectivity index (χ4n) is 1.13. The molecule has 0 radical (unpaired) electrons. The molecule has 0 amide bonds. The molecule has 0 spiro atoms. The highest BCUT2D eigenvalue weighted by Crippen LogP contribution is 2.30. The minimum absolute atomic E-state index is 0. The molecule has 4 nitrogen and oxygen atoms in total. The number of aromatic carboxylic acids is 1. The Morgan fingerprint density at radius 2 is 2.07 bits per heavy atom. The zero-order valence-electron chi connectivity index (χ0n) is 7.90. The lowest BCUT2D eigenvalue weighted by Gasteiger charge is -2.11. The van der Waals surface area contributed by atoms with E-state index in [4.69, 9.17) is 10.8 Å². The molecule has 0 unspecified atom stereocenters. The van der Waals surface area contributed by atoms with Crippen molar-refractivity contribution in [3.8, 4) is 5.75 Å². The normalized spacial score (nSPS) is 11.7. The molecule has 6 heteroatoms. The summed E-state index contributed by atoms with van der Waals surface area (Å²) in [6.45, 7) is 1.67. The van der Waals surface area contributed by atoms with Gasteiger partial charge in [0.05, 0.1) is 0 Å². The number of hydrogen-bond acceptors (Lipinski definition) is 3. The number of carbonyl (C=O) groups is 1. The number of hydrogen-bond donors (Lipinski definition) is 3. The molecule has 0 bridgehead atoms. The Hall–Kier alpha value is -0.780. The SMILES string of the molecule is C[C@@H](N)c1cc(Br)cc(C(=O)O)c1O.Cl. The second-order valence-electron chi connectivity index (χ2n) is 2.99. The van der Waals surface area contributed by atoms with Gasteiger partial charge in [0.2, 0.25) is 0 Å². The van der Waals surface area contributed by atoms with Gasteiger partial charge < -0.3 is 15.9 Å². The van der Waals surface area contributed by atoms with Crippen LogP contribution in [-0.4, -0.2) is 16.2 Å². The summed E-state index contributed by atoms with van der Waals surface area (Å²) in [4.78, 5) is 10.7. The maximum Gasteiger partial charge on any atom is 0.339 e. The van der Waals surface area contributed by atoms with Gasteiger partial charge >= 0.3 is 5.97 Å². The number of aromatic hydroxyl groups is 1. The van der Waals surface area contributed by atoms with Crippen LogP contribution in [0.4, 0.5) is 0 Å². The van der Waals surface area contributed by atoms with Crippen LogP contribution in [0.5, 0.6) is 5.75 Å². The predicted molar refractivity (Wildman–Crippen MR) is 62.6 cm³/mol. The molecule has 0 aliphatic rings. The largest absolute Gasteiger partial charge is 0.507 e. The number of phenols is 1. The van der Waals surface area contributed by atoms with Crippen molar-refractivity contribution >= 4 is 34.3 Å². The van der Waals surface area contributed by atoms with Crippen LogP contribution in [0, 0.1) is 0 Å². The van der Waals surface area contributed by atoms with Crippen molar-refractivity contribution in [3.05, 3.63) is 27.7 Å². The Labute approximate surface area is 102 Å². The molecule has 1 aromatic rings. The Bertz CT molecular complexity index is 382. The predicted octanol–water partition coefficient (Wildman–Crippen LogP) is 2.29. The van der Waals surface area contributed by atoms with Crippen LogP contribution in [0.15, 0.2) is 16.6 Å². The Morgan fingerprint density at radius 3 is 2.47 bits per heavy atom. The first kappa shape index (κ1) is 14.2. The zero-order chi connectivity index (χ0) is 10.9. The summed E-state index contributed by atoms with van der Waals surface area (Å²) in [5.41, 5.74) is 5.85. The van der Waals surface area contributed by atoms with Gasteiger partial charge in [-0.1, -0.05) is 15.9 Å². The zero-order valence-corrected chi connectivity index (χ0v) is 10.3.